The first-order valence-electron chi connectivity index (χ1n) is 9.57. The number of hydrogen-bond acceptors (Lipinski definition) is 4. The summed E-state index contributed by atoms with van der Waals surface area (Å²) in [4.78, 5) is 6.94. The van der Waals surface area contributed by atoms with Crippen molar-refractivity contribution in [1.82, 2.24) is 18.8 Å². The highest BCUT2D eigenvalue weighted by atomic mass is 32.2. The van der Waals surface area contributed by atoms with E-state index in [1.54, 1.807) is 24.3 Å². The summed E-state index contributed by atoms with van der Waals surface area (Å²) in [6, 6.07) is 11.8. The molecule has 2 aromatic carbocycles. The lowest BCUT2D eigenvalue weighted by Crippen LogP contribution is -2.22. The maximum Gasteiger partial charge on any atom is 0.242 e. The fourth-order valence-corrected chi connectivity index (χ4v) is 4.26. The lowest BCUT2D eigenvalue weighted by molar-refractivity contribution is 0.300. The molecule has 0 radical (unpaired) electrons. The monoisotopic (exact) mass is 418 g/mol. The van der Waals surface area contributed by atoms with E-state index in [1.807, 2.05) is 24.1 Å². The van der Waals surface area contributed by atoms with E-state index in [-0.39, 0.29) is 10.7 Å². The van der Waals surface area contributed by atoms with E-state index in [1.165, 1.54) is 24.5 Å². The summed E-state index contributed by atoms with van der Waals surface area (Å²) in [5.41, 5.74) is 2.18. The molecule has 1 heterocycles. The van der Waals surface area contributed by atoms with Crippen LogP contribution in [0.3, 0.4) is 0 Å². The topological polar surface area (TPSA) is 58.4 Å². The quantitative estimate of drug-likeness (QED) is 0.562. The van der Waals surface area contributed by atoms with Crippen LogP contribution in [0.2, 0.25) is 0 Å². The number of imidazole rings is 1. The van der Waals surface area contributed by atoms with E-state index in [2.05, 4.69) is 11.5 Å². The van der Waals surface area contributed by atoms with Gasteiger partial charge in [0.1, 0.15) is 11.6 Å². The number of aromatic nitrogens is 2. The van der Waals surface area contributed by atoms with Gasteiger partial charge in [0.2, 0.25) is 10.0 Å². The van der Waals surface area contributed by atoms with Crippen LogP contribution in [0.1, 0.15) is 24.7 Å². The molecular weight excluding hydrogens is 391 g/mol. The average molecular weight is 419 g/mol. The first-order chi connectivity index (χ1) is 13.7. The largest absolute Gasteiger partial charge is 0.327 e. The third-order valence-electron chi connectivity index (χ3n) is 4.83. The van der Waals surface area contributed by atoms with E-state index in [0.717, 1.165) is 24.3 Å². The first kappa shape index (κ1) is 21.4. The van der Waals surface area contributed by atoms with E-state index < -0.39 is 10.0 Å². The molecule has 0 aliphatic rings. The van der Waals surface area contributed by atoms with Gasteiger partial charge in [0, 0.05) is 32.7 Å². The SMILES string of the molecule is CCCn1c(CN(C)Cc2ccccc2F)nc2cc(S(=O)(=O)N(C)C)ccc21. The lowest BCUT2D eigenvalue weighted by atomic mass is 10.2. The Kier molecular flexibility index (Phi) is 6.36. The second kappa shape index (κ2) is 8.61. The van der Waals surface area contributed by atoms with Crippen molar-refractivity contribution < 1.29 is 12.8 Å². The van der Waals surface area contributed by atoms with Gasteiger partial charge in [0.05, 0.1) is 22.5 Å². The highest BCUT2D eigenvalue weighted by Gasteiger charge is 2.20. The summed E-state index contributed by atoms with van der Waals surface area (Å²) in [7, 11) is 1.42. The van der Waals surface area contributed by atoms with Crippen LogP contribution >= 0.6 is 0 Å². The van der Waals surface area contributed by atoms with Gasteiger partial charge in [-0.2, -0.15) is 0 Å². The van der Waals surface area contributed by atoms with E-state index in [9.17, 15) is 12.8 Å². The Morgan fingerprint density at radius 3 is 2.45 bits per heavy atom. The molecule has 8 heteroatoms. The van der Waals surface area contributed by atoms with Gasteiger partial charge >= 0.3 is 0 Å². The zero-order chi connectivity index (χ0) is 21.2. The summed E-state index contributed by atoms with van der Waals surface area (Å²) >= 11 is 0. The third-order valence-corrected chi connectivity index (χ3v) is 6.65. The van der Waals surface area contributed by atoms with Crippen LogP contribution in [-0.2, 0) is 29.7 Å². The number of benzene rings is 2. The fourth-order valence-electron chi connectivity index (χ4n) is 3.34. The maximum atomic E-state index is 14.0. The van der Waals surface area contributed by atoms with Crippen molar-refractivity contribution in [3.05, 3.63) is 59.7 Å². The van der Waals surface area contributed by atoms with Gasteiger partial charge in [-0.3, -0.25) is 4.90 Å². The Hall–Kier alpha value is -2.29. The van der Waals surface area contributed by atoms with Gasteiger partial charge < -0.3 is 4.57 Å². The number of aryl methyl sites for hydroxylation is 1. The van der Waals surface area contributed by atoms with Gasteiger partial charge in [-0.15, -0.1) is 0 Å². The summed E-state index contributed by atoms with van der Waals surface area (Å²) in [5, 5.41) is 0. The summed E-state index contributed by atoms with van der Waals surface area (Å²) in [6.45, 7) is 3.85. The summed E-state index contributed by atoms with van der Waals surface area (Å²) < 4.78 is 42.2. The van der Waals surface area contributed by atoms with Crippen molar-refractivity contribution in [2.24, 2.45) is 0 Å². The average Bonchev–Trinajstić information content (AvgIpc) is 3.00. The second-order valence-corrected chi connectivity index (χ2v) is 9.53. The minimum atomic E-state index is -3.52. The van der Waals surface area contributed by atoms with E-state index >= 15 is 0 Å². The smallest absolute Gasteiger partial charge is 0.242 e. The van der Waals surface area contributed by atoms with Crippen LogP contribution < -0.4 is 0 Å². The number of sulfonamides is 1. The molecule has 3 aromatic rings. The molecule has 0 unspecified atom stereocenters. The van der Waals surface area contributed by atoms with E-state index in [4.69, 9.17) is 4.98 Å². The van der Waals surface area contributed by atoms with Crippen LogP contribution in [0, 0.1) is 5.82 Å². The minimum absolute atomic E-state index is 0.222. The summed E-state index contributed by atoms with van der Waals surface area (Å²) in [5.74, 6) is 0.611. The molecule has 29 heavy (non-hydrogen) atoms. The maximum absolute atomic E-state index is 14.0. The van der Waals surface area contributed by atoms with E-state index in [0.29, 0.717) is 24.2 Å². The molecule has 0 N–H and O–H groups in total. The van der Waals surface area contributed by atoms with Gasteiger partial charge in [0.15, 0.2) is 0 Å². The van der Waals surface area contributed by atoms with Crippen molar-refractivity contribution in [2.75, 3.05) is 21.1 Å². The van der Waals surface area contributed by atoms with Crippen LogP contribution in [0.25, 0.3) is 11.0 Å². The first-order valence-corrected chi connectivity index (χ1v) is 11.0. The molecule has 0 amide bonds. The van der Waals surface area contributed by atoms with Crippen LogP contribution in [0.4, 0.5) is 4.39 Å². The number of rotatable bonds is 8. The minimum Gasteiger partial charge on any atom is -0.327 e. The predicted molar refractivity (Wildman–Crippen MR) is 112 cm³/mol. The molecular formula is C21H27FN4O2S. The lowest BCUT2D eigenvalue weighted by Gasteiger charge is -2.18. The molecule has 0 saturated carbocycles. The molecule has 0 bridgehead atoms. The van der Waals surface area contributed by atoms with Crippen molar-refractivity contribution >= 4 is 21.1 Å². The van der Waals surface area contributed by atoms with Crippen molar-refractivity contribution in [2.45, 2.75) is 37.9 Å². The zero-order valence-electron chi connectivity index (χ0n) is 17.3. The molecule has 6 nitrogen and oxygen atoms in total. The molecule has 156 valence electrons. The number of nitrogens with zero attached hydrogens (tertiary/aromatic N) is 4. The molecule has 0 spiro atoms. The number of fused-ring (bicyclic) bond motifs is 1. The van der Waals surface area contributed by atoms with Gasteiger partial charge in [-0.05, 0) is 37.7 Å². The van der Waals surface area contributed by atoms with Crippen LogP contribution in [0.5, 0.6) is 0 Å². The molecule has 1 aromatic heterocycles. The Bertz CT molecular complexity index is 1110. The third kappa shape index (κ3) is 4.49. The van der Waals surface area contributed by atoms with Crippen molar-refractivity contribution in [3.8, 4) is 0 Å². The molecule has 3 rings (SSSR count). The normalized spacial score (nSPS) is 12.4. The zero-order valence-corrected chi connectivity index (χ0v) is 18.1. The van der Waals surface area contributed by atoms with Crippen LogP contribution in [0.15, 0.2) is 47.4 Å². The Morgan fingerprint density at radius 2 is 1.79 bits per heavy atom. The molecule has 0 aliphatic carbocycles. The molecule has 0 atom stereocenters. The summed E-state index contributed by atoms with van der Waals surface area (Å²) in [6.07, 6.45) is 0.924. The van der Waals surface area contributed by atoms with Crippen LogP contribution in [-0.4, -0.2) is 48.3 Å². The standard InChI is InChI=1S/C21H27FN4O2S/c1-5-12-26-20-11-10-17(29(27,28)24(2)3)13-19(20)23-21(26)15-25(4)14-16-8-6-7-9-18(16)22/h6-11,13H,5,12,14-15H2,1-4H3. The predicted octanol–water partition coefficient (Wildman–Crippen LogP) is 3.47. The highest BCUT2D eigenvalue weighted by molar-refractivity contribution is 7.89. The fraction of sp³-hybridized carbons (Fsp3) is 0.381. The Balaban J connectivity index is 1.94. The Morgan fingerprint density at radius 1 is 1.07 bits per heavy atom. The Labute approximate surface area is 171 Å². The van der Waals surface area contributed by atoms with Gasteiger partial charge in [-0.25, -0.2) is 22.1 Å². The van der Waals surface area contributed by atoms with Crippen molar-refractivity contribution in [3.63, 3.8) is 0 Å². The molecule has 0 saturated heterocycles. The van der Waals surface area contributed by atoms with Gasteiger partial charge in [0.25, 0.3) is 0 Å². The second-order valence-electron chi connectivity index (χ2n) is 7.38. The van der Waals surface area contributed by atoms with Crippen molar-refractivity contribution in [1.29, 1.82) is 0 Å². The van der Waals surface area contributed by atoms with Gasteiger partial charge in [-0.1, -0.05) is 25.1 Å². The number of halogens is 1. The highest BCUT2D eigenvalue weighted by Crippen LogP contribution is 2.23. The number of hydrogen-bond donors (Lipinski definition) is 0. The molecule has 0 fully saturated rings. The molecule has 0 aliphatic heterocycles.